The van der Waals surface area contributed by atoms with Gasteiger partial charge in [-0.1, -0.05) is 13.8 Å². The molecule has 4 fully saturated rings. The second-order valence-electron chi connectivity index (χ2n) is 9.27. The highest BCUT2D eigenvalue weighted by molar-refractivity contribution is 5.85. The van der Waals surface area contributed by atoms with Gasteiger partial charge in [-0.05, 0) is 73.0 Å². The summed E-state index contributed by atoms with van der Waals surface area (Å²) in [5.74, 6) is 3.15. The Hall–Kier alpha value is -0.120. The van der Waals surface area contributed by atoms with Crippen LogP contribution in [-0.4, -0.2) is 23.0 Å². The quantitative estimate of drug-likeness (QED) is 0.710. The minimum atomic E-state index is -0.313. The van der Waals surface area contributed by atoms with Gasteiger partial charge in [-0.3, -0.25) is 4.79 Å². The maximum Gasteiger partial charge on any atom is 0.133 e. The number of hydrogen-bond acceptors (Lipinski definition) is 3. The highest BCUT2D eigenvalue weighted by Crippen LogP contribution is 2.65. The van der Waals surface area contributed by atoms with Gasteiger partial charge in [0.1, 0.15) is 5.78 Å². The molecule has 0 radical (unpaired) electrons. The van der Waals surface area contributed by atoms with Crippen molar-refractivity contribution in [2.24, 2.45) is 40.2 Å². The van der Waals surface area contributed by atoms with Crippen LogP contribution in [0.1, 0.15) is 65.2 Å². The van der Waals surface area contributed by atoms with Crippen LogP contribution < -0.4 is 5.73 Å². The van der Waals surface area contributed by atoms with E-state index in [2.05, 4.69) is 13.8 Å². The number of Topliss-reactive ketones (excluding diaryl/α,β-unsaturated/α-hetero) is 1. The molecule has 8 atom stereocenters. The Balaban J connectivity index is 0.00000156. The third-order valence-electron chi connectivity index (χ3n) is 8.59. The summed E-state index contributed by atoms with van der Waals surface area (Å²) in [5, 5.41) is 10.3. The van der Waals surface area contributed by atoms with Crippen LogP contribution in [-0.2, 0) is 4.79 Å². The van der Waals surface area contributed by atoms with E-state index in [1.807, 2.05) is 0 Å². The Kier molecular flexibility index (Phi) is 4.39. The van der Waals surface area contributed by atoms with Gasteiger partial charge in [0.15, 0.2) is 0 Å². The van der Waals surface area contributed by atoms with Crippen LogP contribution in [0, 0.1) is 34.5 Å². The average molecular weight is 342 g/mol. The van der Waals surface area contributed by atoms with Gasteiger partial charge in [0, 0.05) is 18.9 Å². The molecule has 3 N–H and O–H groups in total. The van der Waals surface area contributed by atoms with E-state index in [0.717, 1.165) is 43.9 Å². The lowest BCUT2D eigenvalue weighted by Gasteiger charge is -2.60. The minimum absolute atomic E-state index is 0. The number of aliphatic hydroxyl groups excluding tert-OH is 1. The molecule has 0 unspecified atom stereocenters. The summed E-state index contributed by atoms with van der Waals surface area (Å²) in [6.07, 6.45) is 8.16. The first-order chi connectivity index (χ1) is 10.4. The second-order valence-corrected chi connectivity index (χ2v) is 9.27. The highest BCUT2D eigenvalue weighted by atomic mass is 35.5. The van der Waals surface area contributed by atoms with E-state index in [-0.39, 0.29) is 30.0 Å². The lowest BCUT2D eigenvalue weighted by atomic mass is 9.45. The predicted molar refractivity (Wildman–Crippen MR) is 93.3 cm³/mol. The first kappa shape index (κ1) is 17.7. The number of aliphatic hydroxyl groups is 1. The Morgan fingerprint density at radius 1 is 1.09 bits per heavy atom. The molecule has 0 saturated heterocycles. The van der Waals surface area contributed by atoms with Crippen molar-refractivity contribution in [3.05, 3.63) is 0 Å². The van der Waals surface area contributed by atoms with Crippen LogP contribution in [0.4, 0.5) is 0 Å². The zero-order valence-electron chi connectivity index (χ0n) is 14.5. The molecular weight excluding hydrogens is 310 g/mol. The average Bonchev–Trinajstić information content (AvgIpc) is 2.72. The van der Waals surface area contributed by atoms with E-state index < -0.39 is 0 Å². The van der Waals surface area contributed by atoms with Gasteiger partial charge in [0.05, 0.1) is 6.10 Å². The van der Waals surface area contributed by atoms with Crippen molar-refractivity contribution < 1.29 is 9.90 Å². The molecular formula is C19H32ClNO2. The largest absolute Gasteiger partial charge is 0.391 e. The van der Waals surface area contributed by atoms with E-state index in [1.165, 1.54) is 19.3 Å². The normalized spacial score (nSPS) is 55.4. The van der Waals surface area contributed by atoms with Crippen molar-refractivity contribution in [1.29, 1.82) is 0 Å². The number of nitrogens with two attached hydrogens (primary N) is 1. The zero-order valence-corrected chi connectivity index (χ0v) is 15.3. The maximum absolute atomic E-state index is 11.9. The van der Waals surface area contributed by atoms with Crippen molar-refractivity contribution in [3.8, 4) is 0 Å². The Morgan fingerprint density at radius 3 is 2.57 bits per heavy atom. The molecule has 4 heteroatoms. The van der Waals surface area contributed by atoms with E-state index in [0.29, 0.717) is 23.0 Å². The van der Waals surface area contributed by atoms with Gasteiger partial charge < -0.3 is 10.8 Å². The van der Waals surface area contributed by atoms with Crippen LogP contribution in [0.2, 0.25) is 0 Å². The standard InChI is InChI=1S/C19H31NO2.ClH/c1-18-7-5-12(21)9-11(18)3-4-13-14(18)6-8-19(2)15(13)10-16(22)17(19)20;/h11,13-17,22H,3-10,20H2,1-2H3;1H/t11-,13+,14-,15-,16-,17+,18-,19-;/m0./s1. The van der Waals surface area contributed by atoms with Gasteiger partial charge in [-0.2, -0.15) is 0 Å². The third-order valence-corrected chi connectivity index (χ3v) is 8.59. The summed E-state index contributed by atoms with van der Waals surface area (Å²) in [4.78, 5) is 11.9. The number of carbonyl (C=O) groups is 1. The molecule has 0 spiro atoms. The Morgan fingerprint density at radius 2 is 1.83 bits per heavy atom. The topological polar surface area (TPSA) is 63.3 Å². The number of fused-ring (bicyclic) bond motifs is 5. The van der Waals surface area contributed by atoms with Gasteiger partial charge >= 0.3 is 0 Å². The molecule has 0 amide bonds. The van der Waals surface area contributed by atoms with Crippen LogP contribution in [0.15, 0.2) is 0 Å². The fraction of sp³-hybridized carbons (Fsp3) is 0.947. The minimum Gasteiger partial charge on any atom is -0.391 e. The van der Waals surface area contributed by atoms with Crippen LogP contribution >= 0.6 is 12.4 Å². The number of rotatable bonds is 0. The number of ketones is 1. The second kappa shape index (κ2) is 5.71. The molecule has 132 valence electrons. The molecule has 23 heavy (non-hydrogen) atoms. The third kappa shape index (κ3) is 2.33. The fourth-order valence-corrected chi connectivity index (χ4v) is 7.10. The van der Waals surface area contributed by atoms with Crippen LogP contribution in [0.25, 0.3) is 0 Å². The zero-order chi connectivity index (χ0) is 15.7. The molecule has 0 heterocycles. The molecule has 0 aromatic heterocycles. The smallest absolute Gasteiger partial charge is 0.133 e. The summed E-state index contributed by atoms with van der Waals surface area (Å²) in [5.41, 5.74) is 6.87. The molecule has 4 rings (SSSR count). The summed E-state index contributed by atoms with van der Waals surface area (Å²) in [7, 11) is 0. The molecule has 0 aromatic rings. The highest BCUT2D eigenvalue weighted by Gasteiger charge is 2.61. The molecule has 4 aliphatic rings. The van der Waals surface area contributed by atoms with Crippen molar-refractivity contribution in [3.63, 3.8) is 0 Å². The molecule has 0 aliphatic heterocycles. The number of hydrogen-bond donors (Lipinski definition) is 2. The SMILES string of the molecule is C[C@]12CCC(=O)C[C@@H]1CC[C@@H]1[C@@H]2CC[C@]2(C)[C@H](N)[C@@H](O)C[C@@H]12.Cl. The Labute approximate surface area is 146 Å². The van der Waals surface area contributed by atoms with Crippen molar-refractivity contribution in [1.82, 2.24) is 0 Å². The van der Waals surface area contributed by atoms with Gasteiger partial charge in [-0.15, -0.1) is 12.4 Å². The van der Waals surface area contributed by atoms with Crippen LogP contribution in [0.5, 0.6) is 0 Å². The maximum atomic E-state index is 11.9. The summed E-state index contributed by atoms with van der Waals surface area (Å²) < 4.78 is 0. The first-order valence-electron chi connectivity index (χ1n) is 9.31. The van der Waals surface area contributed by atoms with Crippen LogP contribution in [0.3, 0.4) is 0 Å². The van der Waals surface area contributed by atoms with Gasteiger partial charge in [0.2, 0.25) is 0 Å². The number of carbonyl (C=O) groups excluding carboxylic acids is 1. The molecule has 4 aliphatic carbocycles. The fourth-order valence-electron chi connectivity index (χ4n) is 7.10. The van der Waals surface area contributed by atoms with E-state index in [4.69, 9.17) is 5.73 Å². The Bertz CT molecular complexity index is 498. The molecule has 4 saturated carbocycles. The summed E-state index contributed by atoms with van der Waals surface area (Å²) >= 11 is 0. The van der Waals surface area contributed by atoms with Crippen molar-refractivity contribution in [2.45, 2.75) is 77.4 Å². The summed E-state index contributed by atoms with van der Waals surface area (Å²) in [6.45, 7) is 4.79. The number of halogens is 1. The summed E-state index contributed by atoms with van der Waals surface area (Å²) in [6, 6.07) is -0.0445. The van der Waals surface area contributed by atoms with Crippen molar-refractivity contribution in [2.75, 3.05) is 0 Å². The monoisotopic (exact) mass is 341 g/mol. The first-order valence-corrected chi connectivity index (χ1v) is 9.31. The van der Waals surface area contributed by atoms with E-state index in [1.54, 1.807) is 0 Å². The molecule has 0 aromatic carbocycles. The molecule has 0 bridgehead atoms. The lowest BCUT2D eigenvalue weighted by Crippen LogP contribution is -2.55. The van der Waals surface area contributed by atoms with E-state index >= 15 is 0 Å². The predicted octanol–water partition coefficient (Wildman–Crippen LogP) is 3.32. The van der Waals surface area contributed by atoms with E-state index in [9.17, 15) is 9.90 Å². The van der Waals surface area contributed by atoms with Crippen molar-refractivity contribution >= 4 is 18.2 Å². The molecule has 3 nitrogen and oxygen atoms in total. The van der Waals surface area contributed by atoms with Gasteiger partial charge in [0.25, 0.3) is 0 Å². The van der Waals surface area contributed by atoms with Gasteiger partial charge in [-0.25, -0.2) is 0 Å². The lowest BCUT2D eigenvalue weighted by molar-refractivity contribution is -0.138.